The van der Waals surface area contributed by atoms with Crippen LogP contribution < -0.4 is 5.73 Å². The van der Waals surface area contributed by atoms with Crippen LogP contribution in [0.25, 0.3) is 5.69 Å². The maximum atomic E-state index is 13.8. The summed E-state index contributed by atoms with van der Waals surface area (Å²) in [5, 5.41) is 15.0. The van der Waals surface area contributed by atoms with Gasteiger partial charge in [0, 0.05) is 11.8 Å². The molecule has 8 heteroatoms. The van der Waals surface area contributed by atoms with Gasteiger partial charge in [0.05, 0.1) is 9.77 Å². The second-order valence-electron chi connectivity index (χ2n) is 3.38. The van der Waals surface area contributed by atoms with Crippen LogP contribution in [-0.4, -0.2) is 20.8 Å². The quantitative estimate of drug-likeness (QED) is 0.281. The average molecular weight is 364 g/mol. The van der Waals surface area contributed by atoms with Gasteiger partial charge in [-0.05, 0) is 34.7 Å². The van der Waals surface area contributed by atoms with Crippen LogP contribution in [0.4, 0.5) is 8.78 Å². The number of amidine groups is 1. The Morgan fingerprint density at radius 2 is 2.00 bits per heavy atom. The normalized spacial score (nSPS) is 11.8. The van der Waals surface area contributed by atoms with E-state index in [0.717, 1.165) is 20.4 Å². The fourth-order valence-corrected chi connectivity index (χ4v) is 1.80. The van der Waals surface area contributed by atoms with Crippen molar-refractivity contribution in [3.05, 3.63) is 45.3 Å². The largest absolute Gasteiger partial charge is 0.409 e. The average Bonchev–Trinajstić information content (AvgIpc) is 2.73. The highest BCUT2D eigenvalue weighted by Crippen LogP contribution is 2.20. The Balaban J connectivity index is 2.58. The lowest BCUT2D eigenvalue weighted by Gasteiger charge is -2.07. The summed E-state index contributed by atoms with van der Waals surface area (Å²) in [6.07, 6.45) is 2.95. The van der Waals surface area contributed by atoms with E-state index in [2.05, 4.69) is 10.3 Å². The van der Waals surface area contributed by atoms with Crippen LogP contribution in [0.15, 0.2) is 29.7 Å². The predicted molar refractivity (Wildman–Crippen MR) is 68.7 cm³/mol. The molecule has 0 atom stereocenters. The molecule has 1 aromatic carbocycles. The first-order valence-corrected chi connectivity index (χ1v) is 5.78. The molecule has 2 aromatic rings. The van der Waals surface area contributed by atoms with E-state index in [1.165, 1.54) is 12.4 Å². The van der Waals surface area contributed by atoms with E-state index >= 15 is 0 Å². The van der Waals surface area contributed by atoms with Crippen LogP contribution in [0.5, 0.6) is 0 Å². The molecule has 0 unspecified atom stereocenters. The molecule has 0 radical (unpaired) electrons. The summed E-state index contributed by atoms with van der Waals surface area (Å²) in [5.41, 5.74) is 4.91. The number of nitrogens with two attached hydrogens (primary N) is 1. The molecule has 0 saturated carbocycles. The Bertz CT molecular complexity index is 603. The third kappa shape index (κ3) is 2.28. The van der Waals surface area contributed by atoms with Gasteiger partial charge in [-0.15, -0.1) is 0 Å². The summed E-state index contributed by atoms with van der Waals surface area (Å²) in [7, 11) is 0. The van der Waals surface area contributed by atoms with Crippen LogP contribution in [0.3, 0.4) is 0 Å². The zero-order chi connectivity index (χ0) is 13.3. The first-order valence-electron chi connectivity index (χ1n) is 4.70. The standard InChI is InChI=1S/C10H7F2IN4O/c11-7-1-5(10(14)16-18)2-8(12)9(7)17-4-6(13)3-15-17/h1-4,18H,(H2,14,16). The second-order valence-corrected chi connectivity index (χ2v) is 4.62. The van der Waals surface area contributed by atoms with Crippen molar-refractivity contribution in [2.24, 2.45) is 10.9 Å². The van der Waals surface area contributed by atoms with Crippen molar-refractivity contribution in [2.75, 3.05) is 0 Å². The molecular weight excluding hydrogens is 357 g/mol. The molecule has 0 spiro atoms. The summed E-state index contributed by atoms with van der Waals surface area (Å²) >= 11 is 1.97. The van der Waals surface area contributed by atoms with Gasteiger partial charge in [0.25, 0.3) is 0 Å². The Kier molecular flexibility index (Phi) is 3.45. The van der Waals surface area contributed by atoms with Crippen molar-refractivity contribution in [1.82, 2.24) is 9.78 Å². The van der Waals surface area contributed by atoms with Gasteiger partial charge in [0.1, 0.15) is 5.69 Å². The minimum atomic E-state index is -0.851. The zero-order valence-corrected chi connectivity index (χ0v) is 11.0. The van der Waals surface area contributed by atoms with Gasteiger partial charge in [-0.2, -0.15) is 5.10 Å². The number of benzene rings is 1. The molecule has 18 heavy (non-hydrogen) atoms. The maximum absolute atomic E-state index is 13.8. The number of hydrogen-bond acceptors (Lipinski definition) is 3. The van der Waals surface area contributed by atoms with Crippen molar-refractivity contribution < 1.29 is 14.0 Å². The SMILES string of the molecule is N/C(=N/O)c1cc(F)c(-n2cc(I)cn2)c(F)c1. The van der Waals surface area contributed by atoms with E-state index in [0.29, 0.717) is 0 Å². The number of oxime groups is 1. The maximum Gasteiger partial charge on any atom is 0.170 e. The number of aromatic nitrogens is 2. The minimum absolute atomic E-state index is 0.0434. The van der Waals surface area contributed by atoms with Crippen molar-refractivity contribution >= 4 is 28.4 Å². The molecule has 0 aliphatic rings. The van der Waals surface area contributed by atoms with Crippen LogP contribution >= 0.6 is 22.6 Å². The second kappa shape index (κ2) is 4.88. The lowest BCUT2D eigenvalue weighted by Crippen LogP contribution is -2.15. The molecule has 0 fully saturated rings. The van der Waals surface area contributed by atoms with Crippen molar-refractivity contribution in [2.45, 2.75) is 0 Å². The first kappa shape index (κ1) is 12.7. The Labute approximate surface area is 114 Å². The molecule has 2 rings (SSSR count). The summed E-state index contributed by atoms with van der Waals surface area (Å²) in [5.74, 6) is -2.07. The third-order valence-corrected chi connectivity index (χ3v) is 2.76. The molecule has 0 bridgehead atoms. The molecule has 0 aliphatic carbocycles. The lowest BCUT2D eigenvalue weighted by atomic mass is 10.1. The van der Waals surface area contributed by atoms with Crippen molar-refractivity contribution in [3.63, 3.8) is 0 Å². The number of halogens is 3. The van der Waals surface area contributed by atoms with Gasteiger partial charge < -0.3 is 10.9 Å². The Morgan fingerprint density at radius 3 is 2.44 bits per heavy atom. The molecule has 1 aromatic heterocycles. The summed E-state index contributed by atoms with van der Waals surface area (Å²) in [6.45, 7) is 0. The van der Waals surface area contributed by atoms with E-state index < -0.39 is 11.6 Å². The van der Waals surface area contributed by atoms with Gasteiger partial charge in [0.15, 0.2) is 17.5 Å². The zero-order valence-electron chi connectivity index (χ0n) is 8.81. The molecule has 3 N–H and O–H groups in total. The van der Waals surface area contributed by atoms with Crippen LogP contribution in [0.2, 0.25) is 0 Å². The van der Waals surface area contributed by atoms with Gasteiger partial charge in [-0.3, -0.25) is 0 Å². The number of rotatable bonds is 2. The highest BCUT2D eigenvalue weighted by atomic mass is 127. The number of hydrogen-bond donors (Lipinski definition) is 2. The lowest BCUT2D eigenvalue weighted by molar-refractivity contribution is 0.318. The summed E-state index contributed by atoms with van der Waals surface area (Å²) in [6, 6.07) is 1.95. The minimum Gasteiger partial charge on any atom is -0.409 e. The van der Waals surface area contributed by atoms with E-state index in [4.69, 9.17) is 10.9 Å². The van der Waals surface area contributed by atoms with Gasteiger partial charge >= 0.3 is 0 Å². The topological polar surface area (TPSA) is 76.4 Å². The van der Waals surface area contributed by atoms with E-state index in [9.17, 15) is 8.78 Å². The van der Waals surface area contributed by atoms with E-state index in [1.807, 2.05) is 22.6 Å². The van der Waals surface area contributed by atoms with E-state index in [-0.39, 0.29) is 17.1 Å². The number of nitrogens with zero attached hydrogens (tertiary/aromatic N) is 3. The molecule has 0 amide bonds. The van der Waals surface area contributed by atoms with Gasteiger partial charge in [-0.25, -0.2) is 13.5 Å². The molecule has 1 heterocycles. The third-order valence-electron chi connectivity index (χ3n) is 2.20. The van der Waals surface area contributed by atoms with Crippen LogP contribution in [0.1, 0.15) is 5.56 Å². The van der Waals surface area contributed by atoms with E-state index in [1.54, 1.807) is 0 Å². The highest BCUT2D eigenvalue weighted by Gasteiger charge is 2.15. The van der Waals surface area contributed by atoms with Crippen LogP contribution in [-0.2, 0) is 0 Å². The fraction of sp³-hybridized carbons (Fsp3) is 0. The van der Waals surface area contributed by atoms with Gasteiger partial charge in [0.2, 0.25) is 0 Å². The summed E-state index contributed by atoms with van der Waals surface area (Å²) in [4.78, 5) is 0. The predicted octanol–water partition coefficient (Wildman–Crippen LogP) is 1.85. The monoisotopic (exact) mass is 364 g/mol. The highest BCUT2D eigenvalue weighted by molar-refractivity contribution is 14.1. The molecule has 94 valence electrons. The van der Waals surface area contributed by atoms with Gasteiger partial charge in [-0.1, -0.05) is 5.16 Å². The molecule has 5 nitrogen and oxygen atoms in total. The first-order chi connectivity index (χ1) is 8.52. The fourth-order valence-electron chi connectivity index (χ4n) is 1.41. The van der Waals surface area contributed by atoms with Crippen molar-refractivity contribution in [3.8, 4) is 5.69 Å². The summed E-state index contributed by atoms with van der Waals surface area (Å²) < 4.78 is 29.4. The smallest absolute Gasteiger partial charge is 0.170 e. The van der Waals surface area contributed by atoms with Crippen molar-refractivity contribution in [1.29, 1.82) is 0 Å². The Hall–Kier alpha value is -1.71. The molecular formula is C10H7F2IN4O. The van der Waals surface area contributed by atoms with Crippen LogP contribution in [0, 0.1) is 15.2 Å². The molecule has 0 aliphatic heterocycles. The Morgan fingerprint density at radius 1 is 1.39 bits per heavy atom. The molecule has 0 saturated heterocycles.